The number of nitrogens with zero attached hydrogens (tertiary/aromatic N) is 3. The van der Waals surface area contributed by atoms with Crippen LogP contribution in [0.15, 0.2) is 24.3 Å². The van der Waals surface area contributed by atoms with Crippen LogP contribution in [0.25, 0.3) is 0 Å². The van der Waals surface area contributed by atoms with Gasteiger partial charge < -0.3 is 5.11 Å². The molecule has 0 spiro atoms. The first-order valence-electron chi connectivity index (χ1n) is 8.81. The fourth-order valence-corrected chi connectivity index (χ4v) is 3.59. The summed E-state index contributed by atoms with van der Waals surface area (Å²) in [6.07, 6.45) is 6.23. The van der Waals surface area contributed by atoms with E-state index in [0.717, 1.165) is 17.9 Å². The summed E-state index contributed by atoms with van der Waals surface area (Å²) in [5.74, 6) is 1.05. The van der Waals surface area contributed by atoms with Gasteiger partial charge in [-0.15, -0.1) is 5.10 Å². The Balaban J connectivity index is 1.83. The molecule has 4 nitrogen and oxygen atoms in total. The van der Waals surface area contributed by atoms with Crippen molar-refractivity contribution in [1.82, 2.24) is 15.0 Å². The molecule has 0 saturated heterocycles. The summed E-state index contributed by atoms with van der Waals surface area (Å²) in [4.78, 5) is 0. The molecule has 0 radical (unpaired) electrons. The molecule has 1 aromatic heterocycles. The van der Waals surface area contributed by atoms with Crippen molar-refractivity contribution in [3.8, 4) is 0 Å². The van der Waals surface area contributed by atoms with E-state index in [1.54, 1.807) is 0 Å². The zero-order chi connectivity index (χ0) is 16.2. The summed E-state index contributed by atoms with van der Waals surface area (Å²) in [5.41, 5.74) is 4.51. The number of hydrogen-bond acceptors (Lipinski definition) is 3. The maximum absolute atomic E-state index is 9.61. The third kappa shape index (κ3) is 3.63. The molecular weight excluding hydrogens is 286 g/mol. The largest absolute Gasteiger partial charge is 0.390 e. The minimum Gasteiger partial charge on any atom is -0.390 e. The summed E-state index contributed by atoms with van der Waals surface area (Å²) >= 11 is 0. The number of aliphatic hydroxyl groups excluding tert-OH is 1. The topological polar surface area (TPSA) is 50.9 Å². The second-order valence-corrected chi connectivity index (χ2v) is 6.97. The maximum atomic E-state index is 9.61. The standard InChI is InChI=1S/C19H27N3O/c1-14(2)16-10-8-15(9-11-16)12-22-19(18(13-23)20-21-22)17-6-4-3-5-7-17/h8-11,14,17,23H,3-7,12-13H2,1-2H3. The number of hydrogen-bond donors (Lipinski definition) is 1. The Morgan fingerprint density at radius 1 is 1.13 bits per heavy atom. The van der Waals surface area contributed by atoms with Crippen molar-refractivity contribution >= 4 is 0 Å². The summed E-state index contributed by atoms with van der Waals surface area (Å²) in [7, 11) is 0. The van der Waals surface area contributed by atoms with E-state index in [0.29, 0.717) is 11.8 Å². The first-order valence-corrected chi connectivity index (χ1v) is 8.81. The van der Waals surface area contributed by atoms with Crippen LogP contribution in [-0.2, 0) is 13.2 Å². The third-order valence-corrected chi connectivity index (χ3v) is 4.97. The SMILES string of the molecule is CC(C)c1ccc(Cn2nnc(CO)c2C2CCCCC2)cc1. The van der Waals surface area contributed by atoms with Crippen molar-refractivity contribution in [3.05, 3.63) is 46.8 Å². The van der Waals surface area contributed by atoms with Crippen LogP contribution in [0.1, 0.15) is 80.3 Å². The molecule has 1 heterocycles. The van der Waals surface area contributed by atoms with E-state index in [9.17, 15) is 5.11 Å². The molecule has 124 valence electrons. The van der Waals surface area contributed by atoms with Crippen LogP contribution in [0, 0.1) is 0 Å². The van der Waals surface area contributed by atoms with Gasteiger partial charge in [-0.25, -0.2) is 4.68 Å². The van der Waals surface area contributed by atoms with Crippen molar-refractivity contribution in [2.45, 2.75) is 70.9 Å². The highest BCUT2D eigenvalue weighted by Gasteiger charge is 2.24. The van der Waals surface area contributed by atoms with Crippen molar-refractivity contribution in [2.75, 3.05) is 0 Å². The second-order valence-electron chi connectivity index (χ2n) is 6.97. The second kappa shape index (κ2) is 7.26. The van der Waals surface area contributed by atoms with Crippen LogP contribution in [0.4, 0.5) is 0 Å². The lowest BCUT2D eigenvalue weighted by Crippen LogP contribution is -2.14. The smallest absolute Gasteiger partial charge is 0.112 e. The number of rotatable bonds is 5. The van der Waals surface area contributed by atoms with Gasteiger partial charge in [0.15, 0.2) is 0 Å². The Morgan fingerprint density at radius 2 is 1.83 bits per heavy atom. The lowest BCUT2D eigenvalue weighted by molar-refractivity contribution is 0.273. The Kier molecular flexibility index (Phi) is 5.11. The van der Waals surface area contributed by atoms with Crippen molar-refractivity contribution in [2.24, 2.45) is 0 Å². The van der Waals surface area contributed by atoms with Gasteiger partial charge in [-0.3, -0.25) is 0 Å². The minimum atomic E-state index is -0.0158. The van der Waals surface area contributed by atoms with Crippen LogP contribution in [0.3, 0.4) is 0 Å². The predicted octanol–water partition coefficient (Wildman–Crippen LogP) is 3.99. The molecule has 0 amide bonds. The first-order chi connectivity index (χ1) is 11.2. The lowest BCUT2D eigenvalue weighted by atomic mass is 9.86. The maximum Gasteiger partial charge on any atom is 0.112 e. The van der Waals surface area contributed by atoms with Crippen molar-refractivity contribution < 1.29 is 5.11 Å². The van der Waals surface area contributed by atoms with Gasteiger partial charge in [0.1, 0.15) is 5.69 Å². The molecule has 0 aliphatic heterocycles. The summed E-state index contributed by atoms with van der Waals surface area (Å²) in [5, 5.41) is 18.1. The monoisotopic (exact) mass is 313 g/mol. The van der Waals surface area contributed by atoms with Gasteiger partial charge in [0.05, 0.1) is 18.8 Å². The quantitative estimate of drug-likeness (QED) is 0.908. The van der Waals surface area contributed by atoms with Crippen LogP contribution in [0.5, 0.6) is 0 Å². The van der Waals surface area contributed by atoms with E-state index in [2.05, 4.69) is 48.4 Å². The van der Waals surface area contributed by atoms with Gasteiger partial charge in [0.25, 0.3) is 0 Å². The molecule has 1 aromatic carbocycles. The number of aliphatic hydroxyl groups is 1. The highest BCUT2D eigenvalue weighted by atomic mass is 16.3. The van der Waals surface area contributed by atoms with Gasteiger partial charge in [-0.2, -0.15) is 0 Å². The van der Waals surface area contributed by atoms with E-state index in [1.165, 1.54) is 43.2 Å². The van der Waals surface area contributed by atoms with Gasteiger partial charge >= 0.3 is 0 Å². The molecule has 0 atom stereocenters. The molecule has 3 rings (SSSR count). The molecule has 1 fully saturated rings. The summed E-state index contributed by atoms with van der Waals surface area (Å²) in [6, 6.07) is 8.76. The lowest BCUT2D eigenvalue weighted by Gasteiger charge is -2.23. The zero-order valence-electron chi connectivity index (χ0n) is 14.2. The molecule has 1 aliphatic carbocycles. The Bertz CT molecular complexity index is 625. The molecule has 2 aromatic rings. The van der Waals surface area contributed by atoms with E-state index < -0.39 is 0 Å². The molecule has 0 unspecified atom stereocenters. The highest BCUT2D eigenvalue weighted by Crippen LogP contribution is 2.34. The van der Waals surface area contributed by atoms with Crippen LogP contribution >= 0.6 is 0 Å². The summed E-state index contributed by atoms with van der Waals surface area (Å²) < 4.78 is 2.01. The number of benzene rings is 1. The molecule has 4 heteroatoms. The molecule has 1 N–H and O–H groups in total. The number of aromatic nitrogens is 3. The van der Waals surface area contributed by atoms with E-state index in [4.69, 9.17) is 0 Å². The van der Waals surface area contributed by atoms with E-state index in [1.807, 2.05) is 4.68 Å². The minimum absolute atomic E-state index is 0.0158. The fourth-order valence-electron chi connectivity index (χ4n) is 3.59. The van der Waals surface area contributed by atoms with E-state index >= 15 is 0 Å². The van der Waals surface area contributed by atoms with Crippen molar-refractivity contribution in [3.63, 3.8) is 0 Å². The predicted molar refractivity (Wildman–Crippen MR) is 91.4 cm³/mol. The first kappa shape index (κ1) is 16.2. The molecule has 1 saturated carbocycles. The van der Waals surface area contributed by atoms with Gasteiger partial charge in [0.2, 0.25) is 0 Å². The van der Waals surface area contributed by atoms with Gasteiger partial charge in [-0.05, 0) is 29.9 Å². The van der Waals surface area contributed by atoms with Crippen LogP contribution < -0.4 is 0 Å². The van der Waals surface area contributed by atoms with Crippen molar-refractivity contribution in [1.29, 1.82) is 0 Å². The average molecular weight is 313 g/mol. The molecule has 23 heavy (non-hydrogen) atoms. The van der Waals surface area contributed by atoms with Gasteiger partial charge in [-0.1, -0.05) is 62.6 Å². The molecule has 0 bridgehead atoms. The highest BCUT2D eigenvalue weighted by molar-refractivity contribution is 5.26. The fraction of sp³-hybridized carbons (Fsp3) is 0.579. The molecular formula is C19H27N3O. The zero-order valence-corrected chi connectivity index (χ0v) is 14.2. The normalized spacial score (nSPS) is 16.2. The summed E-state index contributed by atoms with van der Waals surface area (Å²) in [6.45, 7) is 5.14. The van der Waals surface area contributed by atoms with Gasteiger partial charge in [0, 0.05) is 5.92 Å². The van der Waals surface area contributed by atoms with E-state index in [-0.39, 0.29) is 6.61 Å². The average Bonchev–Trinajstić information content (AvgIpc) is 2.99. The van der Waals surface area contributed by atoms with Crippen LogP contribution in [0.2, 0.25) is 0 Å². The molecule has 1 aliphatic rings. The Morgan fingerprint density at radius 3 is 2.43 bits per heavy atom. The Labute approximate surface area is 138 Å². The van der Waals surface area contributed by atoms with Crippen LogP contribution in [-0.4, -0.2) is 20.1 Å². The Hall–Kier alpha value is -1.68. The third-order valence-electron chi connectivity index (χ3n) is 4.97.